The van der Waals surface area contributed by atoms with E-state index < -0.39 is 0 Å². The third-order valence-corrected chi connectivity index (χ3v) is 3.01. The quantitative estimate of drug-likeness (QED) is 0.580. The van der Waals surface area contributed by atoms with E-state index in [4.69, 9.17) is 4.74 Å². The maximum atomic E-state index is 11.4. The molecule has 1 aromatic rings. The predicted molar refractivity (Wildman–Crippen MR) is 64.6 cm³/mol. The van der Waals surface area contributed by atoms with Crippen molar-refractivity contribution in [2.75, 3.05) is 7.11 Å². The minimum Gasteiger partial charge on any atom is -0.466 e. The van der Waals surface area contributed by atoms with Crippen LogP contribution in [-0.4, -0.2) is 22.9 Å². The van der Waals surface area contributed by atoms with Crippen LogP contribution in [0.3, 0.4) is 0 Å². The zero-order chi connectivity index (χ0) is 12.3. The Morgan fingerprint density at radius 1 is 1.65 bits per heavy atom. The fourth-order valence-corrected chi connectivity index (χ4v) is 1.78. The molecule has 0 aromatic carbocycles. The Balaban J connectivity index is 1.98. The van der Waals surface area contributed by atoms with Gasteiger partial charge in [0.1, 0.15) is 0 Å². The Labute approximate surface area is 101 Å². The van der Waals surface area contributed by atoms with Crippen LogP contribution in [0.5, 0.6) is 0 Å². The average Bonchev–Trinajstić information content (AvgIpc) is 3.10. The van der Waals surface area contributed by atoms with Crippen LogP contribution in [0.4, 0.5) is 0 Å². The molecule has 1 heterocycles. The smallest absolute Gasteiger partial charge is 0.333 e. The first-order valence-electron chi connectivity index (χ1n) is 6.05. The summed E-state index contributed by atoms with van der Waals surface area (Å²) in [6, 6.07) is 2.06. The molecule has 4 heteroatoms. The second-order valence-electron chi connectivity index (χ2n) is 4.31. The SMILES string of the molecule is CCC(=CCn1ccc(C2CC2)n1)C(=O)OC. The molecule has 1 aromatic heterocycles. The van der Waals surface area contributed by atoms with Crippen molar-refractivity contribution < 1.29 is 9.53 Å². The van der Waals surface area contributed by atoms with Crippen molar-refractivity contribution in [1.82, 2.24) is 9.78 Å². The van der Waals surface area contributed by atoms with Gasteiger partial charge in [0.05, 0.1) is 19.3 Å². The Kier molecular flexibility index (Phi) is 3.61. The molecule has 0 atom stereocenters. The molecule has 92 valence electrons. The Hall–Kier alpha value is -1.58. The molecule has 0 amide bonds. The number of allylic oxidation sites excluding steroid dienone is 1. The molecule has 17 heavy (non-hydrogen) atoms. The zero-order valence-electron chi connectivity index (χ0n) is 10.3. The van der Waals surface area contributed by atoms with E-state index in [-0.39, 0.29) is 5.97 Å². The molecule has 2 rings (SSSR count). The van der Waals surface area contributed by atoms with Crippen molar-refractivity contribution in [1.29, 1.82) is 0 Å². The Morgan fingerprint density at radius 3 is 3.00 bits per heavy atom. The molecule has 0 spiro atoms. The summed E-state index contributed by atoms with van der Waals surface area (Å²) in [5.74, 6) is 0.425. The van der Waals surface area contributed by atoms with Gasteiger partial charge in [0.15, 0.2) is 0 Å². The largest absolute Gasteiger partial charge is 0.466 e. The van der Waals surface area contributed by atoms with Crippen LogP contribution in [0.2, 0.25) is 0 Å². The molecular formula is C13H18N2O2. The lowest BCUT2D eigenvalue weighted by Crippen LogP contribution is -2.06. The van der Waals surface area contributed by atoms with Gasteiger partial charge in [0, 0.05) is 17.7 Å². The van der Waals surface area contributed by atoms with Gasteiger partial charge >= 0.3 is 5.97 Å². The first-order chi connectivity index (χ1) is 8.24. The third kappa shape index (κ3) is 2.96. The van der Waals surface area contributed by atoms with Crippen molar-refractivity contribution in [2.24, 2.45) is 0 Å². The zero-order valence-corrected chi connectivity index (χ0v) is 10.3. The number of aromatic nitrogens is 2. The number of carbonyl (C=O) groups excluding carboxylic acids is 1. The summed E-state index contributed by atoms with van der Waals surface area (Å²) in [5, 5.41) is 4.48. The number of nitrogens with zero attached hydrogens (tertiary/aromatic N) is 2. The van der Waals surface area contributed by atoms with Gasteiger partial charge in [-0.05, 0) is 25.3 Å². The van der Waals surface area contributed by atoms with Gasteiger partial charge in [-0.25, -0.2) is 4.79 Å². The first kappa shape index (κ1) is 11.9. The topological polar surface area (TPSA) is 44.1 Å². The predicted octanol–water partition coefficient (Wildman–Crippen LogP) is 2.27. The van der Waals surface area contributed by atoms with E-state index in [2.05, 4.69) is 11.2 Å². The van der Waals surface area contributed by atoms with Gasteiger partial charge in [0.25, 0.3) is 0 Å². The third-order valence-electron chi connectivity index (χ3n) is 3.01. The number of ether oxygens (including phenoxy) is 1. The summed E-state index contributed by atoms with van der Waals surface area (Å²) in [7, 11) is 1.41. The summed E-state index contributed by atoms with van der Waals surface area (Å²) in [4.78, 5) is 11.4. The van der Waals surface area contributed by atoms with Crippen LogP contribution in [-0.2, 0) is 16.1 Å². The highest BCUT2D eigenvalue weighted by Gasteiger charge is 2.25. The van der Waals surface area contributed by atoms with Crippen LogP contribution < -0.4 is 0 Å². The van der Waals surface area contributed by atoms with Crippen molar-refractivity contribution in [3.63, 3.8) is 0 Å². The Morgan fingerprint density at radius 2 is 2.41 bits per heavy atom. The number of hydrogen-bond donors (Lipinski definition) is 0. The molecule has 1 aliphatic carbocycles. The highest BCUT2D eigenvalue weighted by Crippen LogP contribution is 2.38. The Bertz CT molecular complexity index is 430. The molecule has 0 N–H and O–H groups in total. The van der Waals surface area contributed by atoms with E-state index in [0.717, 1.165) is 0 Å². The lowest BCUT2D eigenvalue weighted by Gasteiger charge is -2.02. The lowest BCUT2D eigenvalue weighted by molar-refractivity contribution is -0.136. The van der Waals surface area contributed by atoms with Crippen LogP contribution >= 0.6 is 0 Å². The van der Waals surface area contributed by atoms with Crippen molar-refractivity contribution in [2.45, 2.75) is 38.6 Å². The summed E-state index contributed by atoms with van der Waals surface area (Å²) in [5.41, 5.74) is 1.88. The van der Waals surface area contributed by atoms with Gasteiger partial charge in [-0.15, -0.1) is 0 Å². The van der Waals surface area contributed by atoms with Crippen molar-refractivity contribution >= 4 is 5.97 Å². The molecule has 4 nitrogen and oxygen atoms in total. The van der Waals surface area contributed by atoms with E-state index in [1.807, 2.05) is 23.9 Å². The van der Waals surface area contributed by atoms with Gasteiger partial charge in [-0.3, -0.25) is 4.68 Å². The van der Waals surface area contributed by atoms with Crippen molar-refractivity contribution in [3.8, 4) is 0 Å². The lowest BCUT2D eigenvalue weighted by atomic mass is 10.2. The number of esters is 1. The summed E-state index contributed by atoms with van der Waals surface area (Å²) in [6.45, 7) is 2.58. The average molecular weight is 234 g/mol. The van der Waals surface area contributed by atoms with Crippen LogP contribution in [0.1, 0.15) is 37.8 Å². The number of hydrogen-bond acceptors (Lipinski definition) is 3. The van der Waals surface area contributed by atoms with Gasteiger partial charge in [-0.1, -0.05) is 13.0 Å². The highest BCUT2D eigenvalue weighted by molar-refractivity contribution is 5.88. The van der Waals surface area contributed by atoms with Gasteiger partial charge in [-0.2, -0.15) is 5.10 Å². The molecule has 0 radical (unpaired) electrons. The molecule has 1 aliphatic rings. The van der Waals surface area contributed by atoms with E-state index >= 15 is 0 Å². The maximum Gasteiger partial charge on any atom is 0.333 e. The maximum absolute atomic E-state index is 11.4. The second kappa shape index (κ2) is 5.17. The summed E-state index contributed by atoms with van der Waals surface area (Å²) >= 11 is 0. The van der Waals surface area contributed by atoms with Gasteiger partial charge in [0.2, 0.25) is 0 Å². The standard InChI is InChI=1S/C13H18N2O2/c1-3-10(13(16)17-2)6-8-15-9-7-12(14-15)11-4-5-11/h6-7,9,11H,3-5,8H2,1-2H3. The molecule has 1 saturated carbocycles. The summed E-state index contributed by atoms with van der Waals surface area (Å²) in [6.07, 6.45) is 7.05. The van der Waals surface area contributed by atoms with Crippen molar-refractivity contribution in [3.05, 3.63) is 29.6 Å². The fraction of sp³-hybridized carbons (Fsp3) is 0.538. The first-order valence-corrected chi connectivity index (χ1v) is 6.05. The monoisotopic (exact) mass is 234 g/mol. The normalized spacial score (nSPS) is 16.0. The van der Waals surface area contributed by atoms with Gasteiger partial charge < -0.3 is 4.74 Å². The summed E-state index contributed by atoms with van der Waals surface area (Å²) < 4.78 is 6.58. The molecule has 0 unspecified atom stereocenters. The number of methoxy groups -OCH3 is 1. The van der Waals surface area contributed by atoms with Crippen LogP contribution in [0, 0.1) is 0 Å². The molecule has 0 saturated heterocycles. The van der Waals surface area contributed by atoms with E-state index in [1.165, 1.54) is 25.6 Å². The second-order valence-corrected chi connectivity index (χ2v) is 4.31. The molecule has 1 fully saturated rings. The minimum absolute atomic E-state index is 0.248. The van der Waals surface area contributed by atoms with E-state index in [9.17, 15) is 4.79 Å². The fourth-order valence-electron chi connectivity index (χ4n) is 1.78. The number of rotatable bonds is 5. The van der Waals surface area contributed by atoms with Crippen LogP contribution in [0.25, 0.3) is 0 Å². The molecule has 0 aliphatic heterocycles. The highest BCUT2D eigenvalue weighted by atomic mass is 16.5. The van der Waals surface area contributed by atoms with E-state index in [0.29, 0.717) is 24.5 Å². The number of carbonyl (C=O) groups is 1. The minimum atomic E-state index is -0.248. The molecule has 0 bridgehead atoms. The van der Waals surface area contributed by atoms with Crippen LogP contribution in [0.15, 0.2) is 23.9 Å². The van der Waals surface area contributed by atoms with E-state index in [1.54, 1.807) is 0 Å². The molecular weight excluding hydrogens is 216 g/mol.